The van der Waals surface area contributed by atoms with Gasteiger partial charge >= 0.3 is 15.8 Å². The van der Waals surface area contributed by atoms with Crippen LogP contribution in [0.3, 0.4) is 0 Å². The van der Waals surface area contributed by atoms with Crippen molar-refractivity contribution in [2.45, 2.75) is 13.0 Å². The van der Waals surface area contributed by atoms with Gasteiger partial charge in [-0.1, -0.05) is 42.5 Å². The number of fused-ring (bicyclic) bond motifs is 1. The molecule has 0 spiro atoms. The number of pyridine rings is 1. The van der Waals surface area contributed by atoms with E-state index in [0.29, 0.717) is 37.6 Å². The van der Waals surface area contributed by atoms with Gasteiger partial charge in [-0.25, -0.2) is 9.37 Å². The zero-order valence-corrected chi connectivity index (χ0v) is 26.4. The molecule has 0 saturated carbocycles. The van der Waals surface area contributed by atoms with Crippen molar-refractivity contribution >= 4 is 38.9 Å². The molecule has 0 unspecified atom stereocenters. The van der Waals surface area contributed by atoms with Crippen LogP contribution in [0.4, 0.5) is 15.8 Å². The Labute approximate surface area is 270 Å². The maximum Gasteiger partial charge on any atom is 0.304 e. The standard InChI is InChI=1S/C32H33FN6O7S/c1-36-11-12-39(47(36,43)44)27-18-25(37-13-15-45-16-14-37)20-38-30(27)35-28(29(32(38)42)46-21-23-5-3-2-4-6-23)31(41)34-19-26(40)17-22-7-9-24(33)10-8-22/h2-10,18,20H,11-17,19,21H2,1H3,(H,34,41). The van der Waals surface area contributed by atoms with E-state index in [1.807, 2.05) is 11.0 Å². The van der Waals surface area contributed by atoms with E-state index in [-0.39, 0.29) is 49.0 Å². The van der Waals surface area contributed by atoms with Gasteiger partial charge in [-0.3, -0.25) is 23.1 Å². The highest BCUT2D eigenvalue weighted by Gasteiger charge is 2.37. The van der Waals surface area contributed by atoms with Gasteiger partial charge in [0.25, 0.3) is 5.91 Å². The molecule has 4 aromatic rings. The monoisotopic (exact) mass is 664 g/mol. The second kappa shape index (κ2) is 13.5. The molecule has 1 amide bonds. The third-order valence-electron chi connectivity index (χ3n) is 7.99. The smallest absolute Gasteiger partial charge is 0.304 e. The summed E-state index contributed by atoms with van der Waals surface area (Å²) in [6.45, 7) is 1.79. The molecular weight excluding hydrogens is 631 g/mol. The number of anilines is 2. The van der Waals surface area contributed by atoms with Crippen molar-refractivity contribution in [3.8, 4) is 5.75 Å². The molecule has 1 N–H and O–H groups in total. The van der Waals surface area contributed by atoms with Crippen LogP contribution in [0.2, 0.25) is 0 Å². The Morgan fingerprint density at radius 1 is 1.00 bits per heavy atom. The third kappa shape index (κ3) is 6.82. The minimum Gasteiger partial charge on any atom is -0.481 e. The van der Waals surface area contributed by atoms with Gasteiger partial charge in [-0.15, -0.1) is 0 Å². The second-order valence-electron chi connectivity index (χ2n) is 11.2. The summed E-state index contributed by atoms with van der Waals surface area (Å²) in [6, 6.07) is 16.1. The summed E-state index contributed by atoms with van der Waals surface area (Å²) in [5, 5.41) is 2.52. The molecule has 0 bridgehead atoms. The Balaban J connectivity index is 1.42. The van der Waals surface area contributed by atoms with Gasteiger partial charge in [0.1, 0.15) is 12.4 Å². The van der Waals surface area contributed by atoms with E-state index in [1.54, 1.807) is 36.5 Å². The number of halogens is 1. The van der Waals surface area contributed by atoms with Gasteiger partial charge < -0.3 is 19.7 Å². The number of likely N-dealkylation sites (N-methyl/N-ethyl adjacent to an activating group) is 1. The van der Waals surface area contributed by atoms with Crippen molar-refractivity contribution in [1.29, 1.82) is 0 Å². The van der Waals surface area contributed by atoms with Crippen LogP contribution < -0.4 is 24.8 Å². The Hall–Kier alpha value is -4.86. The average molecular weight is 665 g/mol. The van der Waals surface area contributed by atoms with Crippen molar-refractivity contribution in [1.82, 2.24) is 19.0 Å². The molecule has 4 heterocycles. The van der Waals surface area contributed by atoms with Gasteiger partial charge in [0.05, 0.1) is 31.1 Å². The predicted molar refractivity (Wildman–Crippen MR) is 172 cm³/mol. The zero-order valence-electron chi connectivity index (χ0n) is 25.6. The SMILES string of the molecule is CN1CCN(c2cc(N3CCOCC3)cn3c(=O)c(OCc4ccccc4)c(C(=O)NCC(=O)Cc4ccc(F)cc4)nc23)S1(=O)=O. The number of Topliss-reactive ketones (excluding diaryl/α,β-unsaturated/α-hetero) is 1. The van der Waals surface area contributed by atoms with Crippen LogP contribution in [0.15, 0.2) is 71.7 Å². The van der Waals surface area contributed by atoms with Crippen LogP contribution in [0, 0.1) is 5.82 Å². The number of ether oxygens (including phenoxy) is 2. The fraction of sp³-hybridized carbons (Fsp3) is 0.312. The molecule has 47 heavy (non-hydrogen) atoms. The molecule has 2 aliphatic rings. The summed E-state index contributed by atoms with van der Waals surface area (Å²) in [5.41, 5.74) is 0.791. The molecule has 2 aliphatic heterocycles. The van der Waals surface area contributed by atoms with Gasteiger partial charge in [0.15, 0.2) is 17.1 Å². The van der Waals surface area contributed by atoms with Gasteiger partial charge in [0.2, 0.25) is 5.75 Å². The molecule has 2 aromatic heterocycles. The fourth-order valence-corrected chi connectivity index (χ4v) is 6.76. The third-order valence-corrected chi connectivity index (χ3v) is 9.89. The first-order chi connectivity index (χ1) is 22.6. The first-order valence-corrected chi connectivity index (χ1v) is 16.4. The Morgan fingerprint density at radius 3 is 2.40 bits per heavy atom. The summed E-state index contributed by atoms with van der Waals surface area (Å²) in [7, 11) is -2.49. The minimum atomic E-state index is -3.95. The maximum atomic E-state index is 14.2. The highest BCUT2D eigenvalue weighted by Crippen LogP contribution is 2.32. The van der Waals surface area contributed by atoms with Crippen LogP contribution in [0.1, 0.15) is 21.6 Å². The van der Waals surface area contributed by atoms with Crippen LogP contribution in [-0.4, -0.2) is 86.8 Å². The van der Waals surface area contributed by atoms with E-state index in [4.69, 9.17) is 9.47 Å². The molecule has 0 radical (unpaired) electrons. The first kappa shape index (κ1) is 32.1. The van der Waals surface area contributed by atoms with E-state index >= 15 is 0 Å². The molecule has 15 heteroatoms. The van der Waals surface area contributed by atoms with Crippen LogP contribution in [0.25, 0.3) is 5.65 Å². The van der Waals surface area contributed by atoms with Gasteiger partial charge in [0, 0.05) is 45.8 Å². The number of ketones is 1. The topological polar surface area (TPSA) is 143 Å². The maximum absolute atomic E-state index is 14.2. The van der Waals surface area contributed by atoms with Crippen molar-refractivity contribution in [3.63, 3.8) is 0 Å². The van der Waals surface area contributed by atoms with Crippen molar-refractivity contribution in [2.24, 2.45) is 0 Å². The van der Waals surface area contributed by atoms with Gasteiger partial charge in [-0.2, -0.15) is 12.7 Å². The molecule has 6 rings (SSSR count). The number of hydrogen-bond donors (Lipinski definition) is 1. The number of rotatable bonds is 10. The van der Waals surface area contributed by atoms with Crippen molar-refractivity contribution in [3.05, 3.63) is 99.9 Å². The Kier molecular flexibility index (Phi) is 9.20. The fourth-order valence-electron chi connectivity index (χ4n) is 5.41. The van der Waals surface area contributed by atoms with E-state index in [1.165, 1.54) is 40.0 Å². The number of benzene rings is 2. The number of nitrogens with one attached hydrogen (secondary N) is 1. The number of amides is 1. The number of carbonyl (C=O) groups is 2. The van der Waals surface area contributed by atoms with Gasteiger partial charge in [-0.05, 0) is 29.3 Å². The quantitative estimate of drug-likeness (QED) is 0.269. The number of hydrogen-bond acceptors (Lipinski definition) is 9. The summed E-state index contributed by atoms with van der Waals surface area (Å²) >= 11 is 0. The lowest BCUT2D eigenvalue weighted by molar-refractivity contribution is -0.117. The van der Waals surface area contributed by atoms with Crippen LogP contribution in [0.5, 0.6) is 5.75 Å². The highest BCUT2D eigenvalue weighted by atomic mass is 32.2. The normalized spacial score (nSPS) is 16.4. The van der Waals surface area contributed by atoms with Crippen molar-refractivity contribution < 1.29 is 31.9 Å². The second-order valence-corrected chi connectivity index (χ2v) is 13.1. The number of aromatic nitrogens is 2. The number of morpholine rings is 1. The Morgan fingerprint density at radius 2 is 1.72 bits per heavy atom. The van der Waals surface area contributed by atoms with E-state index in [0.717, 1.165) is 9.87 Å². The number of nitrogens with zero attached hydrogens (tertiary/aromatic N) is 5. The highest BCUT2D eigenvalue weighted by molar-refractivity contribution is 7.90. The predicted octanol–water partition coefficient (Wildman–Crippen LogP) is 1.79. The molecular formula is C32H33FN6O7S. The molecule has 2 fully saturated rings. The van der Waals surface area contributed by atoms with E-state index < -0.39 is 39.7 Å². The lowest BCUT2D eigenvalue weighted by Crippen LogP contribution is -2.38. The largest absolute Gasteiger partial charge is 0.481 e. The Bertz CT molecular complexity index is 1970. The lowest BCUT2D eigenvalue weighted by atomic mass is 10.1. The van der Waals surface area contributed by atoms with Crippen LogP contribution >= 0.6 is 0 Å². The van der Waals surface area contributed by atoms with Crippen LogP contribution in [-0.2, 0) is 32.8 Å². The summed E-state index contributed by atoms with van der Waals surface area (Å²) in [5.74, 6) is -2.02. The summed E-state index contributed by atoms with van der Waals surface area (Å²) in [6.07, 6.45) is 1.50. The molecule has 0 atom stereocenters. The molecule has 13 nitrogen and oxygen atoms in total. The van der Waals surface area contributed by atoms with E-state index in [2.05, 4.69) is 10.3 Å². The minimum absolute atomic E-state index is 0.0550. The summed E-state index contributed by atoms with van der Waals surface area (Å²) in [4.78, 5) is 47.1. The summed E-state index contributed by atoms with van der Waals surface area (Å²) < 4.78 is 55.0. The lowest BCUT2D eigenvalue weighted by Gasteiger charge is -2.30. The zero-order chi connectivity index (χ0) is 33.1. The molecule has 2 aromatic carbocycles. The van der Waals surface area contributed by atoms with Crippen molar-refractivity contribution in [2.75, 3.05) is 62.2 Å². The molecule has 0 aliphatic carbocycles. The first-order valence-electron chi connectivity index (χ1n) is 15.0. The molecule has 2 saturated heterocycles. The number of carbonyl (C=O) groups excluding carboxylic acids is 2. The molecule has 246 valence electrons. The average Bonchev–Trinajstić information content (AvgIpc) is 3.35. The van der Waals surface area contributed by atoms with E-state index in [9.17, 15) is 27.2 Å².